The summed E-state index contributed by atoms with van der Waals surface area (Å²) in [7, 11) is 0. The monoisotopic (exact) mass is 878 g/mol. The molecule has 0 saturated heterocycles. The van der Waals surface area contributed by atoms with E-state index in [4.69, 9.17) is 24.4 Å². The summed E-state index contributed by atoms with van der Waals surface area (Å²) in [6, 6.07) is 79.0. The molecule has 320 valence electrons. The van der Waals surface area contributed by atoms with Crippen LogP contribution in [0, 0.1) is 0 Å². The molecular formula is C64H38N4O. The first kappa shape index (κ1) is 38.9. The van der Waals surface area contributed by atoms with Crippen LogP contribution in [0.5, 0.6) is 0 Å². The summed E-state index contributed by atoms with van der Waals surface area (Å²) in [5, 5.41) is 11.4. The topological polar surface area (TPSA) is 64.7 Å². The molecule has 0 fully saturated rings. The lowest BCUT2D eigenvalue weighted by molar-refractivity contribution is 0.669. The molecule has 0 saturated carbocycles. The molecule has 0 aliphatic rings. The molecule has 5 nitrogen and oxygen atoms in total. The molecule has 14 rings (SSSR count). The van der Waals surface area contributed by atoms with Gasteiger partial charge in [-0.05, 0) is 109 Å². The second kappa shape index (κ2) is 15.7. The quantitative estimate of drug-likeness (QED) is 0.156. The van der Waals surface area contributed by atoms with Gasteiger partial charge in [0.05, 0.1) is 34.3 Å². The van der Waals surface area contributed by atoms with Crippen molar-refractivity contribution in [3.8, 4) is 67.4 Å². The Kier molecular flexibility index (Phi) is 8.83. The highest BCUT2D eigenvalue weighted by molar-refractivity contribution is 6.23. The molecule has 0 aliphatic carbocycles. The van der Waals surface area contributed by atoms with E-state index in [2.05, 4.69) is 212 Å². The first-order chi connectivity index (χ1) is 34.2. The summed E-state index contributed by atoms with van der Waals surface area (Å²) in [5.74, 6) is 0.599. The standard InChI is InChI=1S/C64H38N4O/c1-3-15-39(16-4-1)41-27-29-52-53-30-28-43(36-61(53)69-60(52)35-41)58-37-57(40-17-5-2-6-18-40)67-64(68-58)46-32-44(56-34-42-19-7-8-20-47(42)48-21-9-10-24-51(48)56)31-45(33-46)59-38-65-62-54-25-13-11-22-49(54)50-23-12-14-26-55(50)63(62)66-59/h1-38H. The van der Waals surface area contributed by atoms with E-state index in [1.165, 1.54) is 16.2 Å². The number of aromatic nitrogens is 4. The molecule has 5 heteroatoms. The van der Waals surface area contributed by atoms with Gasteiger partial charge in [-0.15, -0.1) is 0 Å². The van der Waals surface area contributed by atoms with Crippen molar-refractivity contribution in [1.82, 2.24) is 19.9 Å². The first-order valence-corrected chi connectivity index (χ1v) is 23.3. The van der Waals surface area contributed by atoms with Crippen molar-refractivity contribution >= 4 is 76.1 Å². The maximum absolute atomic E-state index is 6.63. The molecule has 0 amide bonds. The van der Waals surface area contributed by atoms with Gasteiger partial charge in [-0.3, -0.25) is 4.98 Å². The Bertz CT molecular complexity index is 4330. The van der Waals surface area contributed by atoms with Crippen LogP contribution in [0.25, 0.3) is 143 Å². The van der Waals surface area contributed by atoms with Crippen molar-refractivity contribution < 1.29 is 4.42 Å². The van der Waals surface area contributed by atoms with Crippen LogP contribution in [-0.4, -0.2) is 19.9 Å². The Labute approximate surface area is 396 Å². The average molecular weight is 879 g/mol. The van der Waals surface area contributed by atoms with Crippen LogP contribution in [0.1, 0.15) is 0 Å². The molecule has 0 unspecified atom stereocenters. The smallest absolute Gasteiger partial charge is 0.160 e. The molecule has 0 spiro atoms. The highest BCUT2D eigenvalue weighted by Crippen LogP contribution is 2.41. The van der Waals surface area contributed by atoms with E-state index in [-0.39, 0.29) is 0 Å². The fraction of sp³-hybridized carbons (Fsp3) is 0. The van der Waals surface area contributed by atoms with Gasteiger partial charge in [-0.25, -0.2) is 15.0 Å². The Morgan fingerprint density at radius 3 is 1.51 bits per heavy atom. The van der Waals surface area contributed by atoms with E-state index in [1.54, 1.807) is 0 Å². The van der Waals surface area contributed by atoms with Crippen molar-refractivity contribution in [3.05, 3.63) is 231 Å². The third-order valence-corrected chi connectivity index (χ3v) is 13.7. The number of fused-ring (bicyclic) bond motifs is 12. The first-order valence-electron chi connectivity index (χ1n) is 23.3. The van der Waals surface area contributed by atoms with Gasteiger partial charge in [0, 0.05) is 43.8 Å². The lowest BCUT2D eigenvalue weighted by atomic mass is 9.91. The van der Waals surface area contributed by atoms with E-state index in [1.807, 2.05) is 18.3 Å². The normalized spacial score (nSPS) is 11.8. The number of nitrogens with zero attached hydrogens (tertiary/aromatic N) is 4. The molecule has 0 atom stereocenters. The van der Waals surface area contributed by atoms with E-state index >= 15 is 0 Å². The summed E-state index contributed by atoms with van der Waals surface area (Å²) in [4.78, 5) is 21.5. The number of benzene rings is 11. The molecule has 0 bridgehead atoms. The molecule has 0 radical (unpaired) electrons. The van der Waals surface area contributed by atoms with Crippen LogP contribution >= 0.6 is 0 Å². The third kappa shape index (κ3) is 6.55. The fourth-order valence-corrected chi connectivity index (χ4v) is 10.3. The summed E-state index contributed by atoms with van der Waals surface area (Å²) in [6.45, 7) is 0. The summed E-state index contributed by atoms with van der Waals surface area (Å²) >= 11 is 0. The summed E-state index contributed by atoms with van der Waals surface area (Å²) in [5.41, 5.74) is 13.9. The Balaban J connectivity index is 0.996. The SMILES string of the molecule is c1ccc(-c2ccc3c(c2)oc2cc(-c4cc(-c5ccccc5)nc(-c5cc(-c6cnc7c8ccccc8c8ccccc8c7n6)cc(-c6cc7ccccc7c7ccccc67)c5)n4)ccc23)cc1. The minimum atomic E-state index is 0.599. The molecule has 11 aromatic carbocycles. The predicted octanol–water partition coefficient (Wildman–Crippen LogP) is 16.9. The van der Waals surface area contributed by atoms with Gasteiger partial charge in [-0.2, -0.15) is 0 Å². The fourth-order valence-electron chi connectivity index (χ4n) is 10.3. The van der Waals surface area contributed by atoms with Crippen LogP contribution in [0.3, 0.4) is 0 Å². The number of rotatable bonds is 6. The largest absolute Gasteiger partial charge is 0.456 e. The van der Waals surface area contributed by atoms with Gasteiger partial charge < -0.3 is 4.42 Å². The van der Waals surface area contributed by atoms with Crippen LogP contribution in [0.15, 0.2) is 235 Å². The van der Waals surface area contributed by atoms with Crippen LogP contribution < -0.4 is 0 Å². The van der Waals surface area contributed by atoms with Gasteiger partial charge in [0.15, 0.2) is 5.82 Å². The lowest BCUT2D eigenvalue weighted by Gasteiger charge is -2.15. The zero-order valence-corrected chi connectivity index (χ0v) is 37.1. The zero-order valence-electron chi connectivity index (χ0n) is 37.1. The molecular weight excluding hydrogens is 841 g/mol. The van der Waals surface area contributed by atoms with Gasteiger partial charge >= 0.3 is 0 Å². The Morgan fingerprint density at radius 1 is 0.275 bits per heavy atom. The van der Waals surface area contributed by atoms with Gasteiger partial charge in [0.2, 0.25) is 0 Å². The van der Waals surface area contributed by atoms with Crippen molar-refractivity contribution in [2.75, 3.05) is 0 Å². The minimum Gasteiger partial charge on any atom is -0.456 e. The second-order valence-corrected chi connectivity index (χ2v) is 17.8. The van der Waals surface area contributed by atoms with Crippen LogP contribution in [0.4, 0.5) is 0 Å². The van der Waals surface area contributed by atoms with Crippen molar-refractivity contribution in [2.24, 2.45) is 0 Å². The predicted molar refractivity (Wildman–Crippen MR) is 285 cm³/mol. The minimum absolute atomic E-state index is 0.599. The van der Waals surface area contributed by atoms with Crippen LogP contribution in [0.2, 0.25) is 0 Å². The highest BCUT2D eigenvalue weighted by Gasteiger charge is 2.19. The average Bonchev–Trinajstić information content (AvgIpc) is 3.80. The Morgan fingerprint density at radius 2 is 0.797 bits per heavy atom. The number of furan rings is 1. The number of hydrogen-bond acceptors (Lipinski definition) is 5. The number of hydrogen-bond donors (Lipinski definition) is 0. The van der Waals surface area contributed by atoms with Crippen molar-refractivity contribution in [2.45, 2.75) is 0 Å². The van der Waals surface area contributed by atoms with E-state index in [0.29, 0.717) is 5.82 Å². The second-order valence-electron chi connectivity index (χ2n) is 17.8. The van der Waals surface area contributed by atoms with Gasteiger partial charge in [0.25, 0.3) is 0 Å². The van der Waals surface area contributed by atoms with Crippen LogP contribution in [-0.2, 0) is 0 Å². The maximum atomic E-state index is 6.63. The summed E-state index contributed by atoms with van der Waals surface area (Å²) in [6.07, 6.45) is 1.92. The molecule has 14 aromatic rings. The molecule has 69 heavy (non-hydrogen) atoms. The Hall–Kier alpha value is -9.32. The molecule has 3 heterocycles. The third-order valence-electron chi connectivity index (χ3n) is 13.7. The highest BCUT2D eigenvalue weighted by atomic mass is 16.3. The zero-order chi connectivity index (χ0) is 45.4. The maximum Gasteiger partial charge on any atom is 0.160 e. The molecule has 0 N–H and O–H groups in total. The van der Waals surface area contributed by atoms with Gasteiger partial charge in [-0.1, -0.05) is 170 Å². The van der Waals surface area contributed by atoms with E-state index in [9.17, 15) is 0 Å². The lowest BCUT2D eigenvalue weighted by Crippen LogP contribution is -1.98. The molecule has 0 aliphatic heterocycles. The van der Waals surface area contributed by atoms with E-state index in [0.717, 1.165) is 121 Å². The summed E-state index contributed by atoms with van der Waals surface area (Å²) < 4.78 is 6.63. The van der Waals surface area contributed by atoms with E-state index < -0.39 is 0 Å². The van der Waals surface area contributed by atoms with Crippen molar-refractivity contribution in [1.29, 1.82) is 0 Å². The molecule has 3 aromatic heterocycles. The van der Waals surface area contributed by atoms with Gasteiger partial charge in [0.1, 0.15) is 11.2 Å². The van der Waals surface area contributed by atoms with Crippen molar-refractivity contribution in [3.63, 3.8) is 0 Å².